The van der Waals surface area contributed by atoms with Gasteiger partial charge in [-0.05, 0) is 34.7 Å². The van der Waals surface area contributed by atoms with Crippen molar-refractivity contribution in [2.75, 3.05) is 42.4 Å². The third kappa shape index (κ3) is 4.62. The molecule has 0 spiro atoms. The van der Waals surface area contributed by atoms with Crippen molar-refractivity contribution < 1.29 is 8.85 Å². The molecule has 0 atom stereocenters. The van der Waals surface area contributed by atoms with Crippen molar-refractivity contribution in [2.24, 2.45) is 0 Å². The van der Waals surface area contributed by atoms with Gasteiger partial charge in [0, 0.05) is 14.2 Å². The molecule has 1 N–H and O–H groups in total. The van der Waals surface area contributed by atoms with Gasteiger partial charge in [0.25, 0.3) is 0 Å². The van der Waals surface area contributed by atoms with Crippen LogP contribution in [0.3, 0.4) is 0 Å². The molecule has 0 saturated heterocycles. The summed E-state index contributed by atoms with van der Waals surface area (Å²) in [4.78, 5) is 4.45. The standard InChI is InChI=1S/C9H26N3O2Si2/c1-11(2)9(12(3)4)15(7)10-16(8,13-5)14-6/h9-10H,1-8H3. The molecule has 0 aliphatic rings. The normalized spacial score (nSPS) is 13.5. The highest BCUT2D eigenvalue weighted by Gasteiger charge is 2.36. The molecule has 0 saturated carbocycles. The average Bonchev–Trinajstić information content (AvgIpc) is 2.16. The molecule has 7 heteroatoms. The molecule has 0 aromatic rings. The summed E-state index contributed by atoms with van der Waals surface area (Å²) < 4.78 is 14.5. The number of rotatable bonds is 7. The lowest BCUT2D eigenvalue weighted by atomic mass is 10.8. The predicted octanol–water partition coefficient (Wildman–Crippen LogP) is 0.0473. The van der Waals surface area contributed by atoms with Crippen molar-refractivity contribution in [1.29, 1.82) is 0 Å². The van der Waals surface area contributed by atoms with Gasteiger partial charge in [0.1, 0.15) is 0 Å². The highest BCUT2D eigenvalue weighted by Crippen LogP contribution is 2.06. The van der Waals surface area contributed by atoms with Crippen molar-refractivity contribution in [3.05, 3.63) is 0 Å². The Balaban J connectivity index is 4.58. The first kappa shape index (κ1) is 16.2. The van der Waals surface area contributed by atoms with Crippen LogP contribution in [0.4, 0.5) is 0 Å². The molecule has 16 heavy (non-hydrogen) atoms. The summed E-state index contributed by atoms with van der Waals surface area (Å²) in [6.07, 6.45) is 0. The van der Waals surface area contributed by atoms with Crippen LogP contribution in [0.25, 0.3) is 0 Å². The first-order valence-electron chi connectivity index (χ1n) is 5.32. The van der Waals surface area contributed by atoms with E-state index in [0.29, 0.717) is 5.79 Å². The van der Waals surface area contributed by atoms with Gasteiger partial charge in [0.15, 0.2) is 8.96 Å². The molecule has 0 aliphatic heterocycles. The first-order valence-corrected chi connectivity index (χ1v) is 9.71. The highest BCUT2D eigenvalue weighted by molar-refractivity contribution is 6.77. The molecule has 0 aromatic heterocycles. The quantitative estimate of drug-likeness (QED) is 0.519. The Morgan fingerprint density at radius 3 is 1.69 bits per heavy atom. The Morgan fingerprint density at radius 2 is 1.44 bits per heavy atom. The Morgan fingerprint density at radius 1 is 1.06 bits per heavy atom. The van der Waals surface area contributed by atoms with Gasteiger partial charge in [0.05, 0.1) is 5.79 Å². The van der Waals surface area contributed by atoms with Crippen LogP contribution in [0.1, 0.15) is 0 Å². The predicted molar refractivity (Wildman–Crippen MR) is 71.6 cm³/mol. The number of nitrogens with zero attached hydrogens (tertiary/aromatic N) is 2. The molecule has 0 unspecified atom stereocenters. The molecule has 97 valence electrons. The van der Waals surface area contributed by atoms with Crippen LogP contribution in [-0.4, -0.2) is 75.7 Å². The van der Waals surface area contributed by atoms with E-state index in [4.69, 9.17) is 8.85 Å². The maximum absolute atomic E-state index is 5.46. The minimum absolute atomic E-state index is 0.405. The lowest BCUT2D eigenvalue weighted by Crippen LogP contribution is -2.65. The largest absolute Gasteiger partial charge is 0.414 e. The van der Waals surface area contributed by atoms with E-state index in [1.165, 1.54) is 0 Å². The van der Waals surface area contributed by atoms with Gasteiger partial charge in [-0.3, -0.25) is 9.80 Å². The average molecular weight is 264 g/mol. The van der Waals surface area contributed by atoms with E-state index >= 15 is 0 Å². The molecule has 0 bridgehead atoms. The SMILES string of the molecule is CO[Si](C)(N[Si](C)C(N(C)C)N(C)C)OC. The summed E-state index contributed by atoms with van der Waals surface area (Å²) in [7, 11) is 8.83. The molecular weight excluding hydrogens is 238 g/mol. The molecule has 5 nitrogen and oxygen atoms in total. The van der Waals surface area contributed by atoms with Gasteiger partial charge in [-0.25, -0.2) is 0 Å². The van der Waals surface area contributed by atoms with E-state index in [1.54, 1.807) is 14.2 Å². The fraction of sp³-hybridized carbons (Fsp3) is 1.00. The molecule has 0 rings (SSSR count). The van der Waals surface area contributed by atoms with Crippen LogP contribution in [0.5, 0.6) is 0 Å². The van der Waals surface area contributed by atoms with Gasteiger partial charge >= 0.3 is 8.72 Å². The summed E-state index contributed by atoms with van der Waals surface area (Å²) in [5, 5.41) is 0. The van der Waals surface area contributed by atoms with Gasteiger partial charge < -0.3 is 13.5 Å². The summed E-state index contributed by atoms with van der Waals surface area (Å²) in [6.45, 7) is 4.28. The van der Waals surface area contributed by atoms with E-state index in [-0.39, 0.29) is 0 Å². The minimum Gasteiger partial charge on any atom is -0.387 e. The molecule has 1 radical (unpaired) electrons. The lowest BCUT2D eigenvalue weighted by Gasteiger charge is -2.37. The van der Waals surface area contributed by atoms with Crippen LogP contribution in [0, 0.1) is 0 Å². The van der Waals surface area contributed by atoms with Crippen molar-refractivity contribution in [3.8, 4) is 0 Å². The fourth-order valence-corrected chi connectivity index (χ4v) is 7.76. The van der Waals surface area contributed by atoms with Crippen molar-refractivity contribution in [2.45, 2.75) is 18.9 Å². The molecule has 0 amide bonds. The van der Waals surface area contributed by atoms with E-state index in [0.717, 1.165) is 0 Å². The van der Waals surface area contributed by atoms with E-state index in [9.17, 15) is 0 Å². The van der Waals surface area contributed by atoms with Crippen molar-refractivity contribution in [3.63, 3.8) is 0 Å². The summed E-state index contributed by atoms with van der Waals surface area (Å²) in [5.74, 6) is 0.405. The second-order valence-corrected chi connectivity index (χ2v) is 10.1. The number of hydrogen-bond acceptors (Lipinski definition) is 5. The van der Waals surface area contributed by atoms with Crippen molar-refractivity contribution >= 4 is 17.7 Å². The topological polar surface area (TPSA) is 37.0 Å². The first-order chi connectivity index (χ1) is 7.27. The third-order valence-corrected chi connectivity index (χ3v) is 9.33. The minimum atomic E-state index is -2.17. The molecule has 0 heterocycles. The Labute approximate surface area is 103 Å². The van der Waals surface area contributed by atoms with Gasteiger partial charge in [-0.1, -0.05) is 6.55 Å². The molecule has 0 aliphatic carbocycles. The van der Waals surface area contributed by atoms with Crippen molar-refractivity contribution in [1.82, 2.24) is 14.4 Å². The second kappa shape index (κ2) is 6.85. The molecule has 0 fully saturated rings. The zero-order valence-corrected chi connectivity index (χ0v) is 13.8. The Bertz CT molecular complexity index is 193. The second-order valence-electron chi connectivity index (χ2n) is 4.46. The molecular formula is C9H26N3O2Si2. The summed E-state index contributed by atoms with van der Waals surface area (Å²) >= 11 is 0. The van der Waals surface area contributed by atoms with Crippen LogP contribution >= 0.6 is 0 Å². The van der Waals surface area contributed by atoms with E-state index < -0.39 is 17.7 Å². The van der Waals surface area contributed by atoms with Crippen LogP contribution in [0.15, 0.2) is 0 Å². The zero-order chi connectivity index (χ0) is 12.9. The van der Waals surface area contributed by atoms with Gasteiger partial charge in [0.2, 0.25) is 0 Å². The van der Waals surface area contributed by atoms with E-state index in [1.807, 2.05) is 6.55 Å². The zero-order valence-electron chi connectivity index (χ0n) is 11.8. The maximum atomic E-state index is 5.46. The summed E-state index contributed by atoms with van der Waals surface area (Å²) in [5.41, 5.74) is 0. The lowest BCUT2D eigenvalue weighted by molar-refractivity contribution is 0.192. The fourth-order valence-electron chi connectivity index (χ4n) is 1.84. The third-order valence-electron chi connectivity index (χ3n) is 2.57. The van der Waals surface area contributed by atoms with Crippen LogP contribution in [0.2, 0.25) is 13.1 Å². The number of nitrogens with one attached hydrogen (secondary N) is 1. The Hall–Kier alpha value is 0.234. The smallest absolute Gasteiger partial charge is 0.387 e. The molecule has 0 aromatic carbocycles. The number of hydrogen-bond donors (Lipinski definition) is 1. The van der Waals surface area contributed by atoms with Crippen LogP contribution in [-0.2, 0) is 8.85 Å². The van der Waals surface area contributed by atoms with E-state index in [2.05, 4.69) is 49.2 Å². The summed E-state index contributed by atoms with van der Waals surface area (Å²) in [6, 6.07) is 0. The van der Waals surface area contributed by atoms with Gasteiger partial charge in [-0.2, -0.15) is 0 Å². The maximum Gasteiger partial charge on any atom is 0.414 e. The Kier molecular flexibility index (Phi) is 6.95. The monoisotopic (exact) mass is 264 g/mol. The highest BCUT2D eigenvalue weighted by atomic mass is 28.4. The van der Waals surface area contributed by atoms with Gasteiger partial charge in [-0.15, -0.1) is 0 Å². The van der Waals surface area contributed by atoms with Crippen LogP contribution < -0.4 is 4.65 Å².